The summed E-state index contributed by atoms with van der Waals surface area (Å²) in [6, 6.07) is 5.52. The summed E-state index contributed by atoms with van der Waals surface area (Å²) >= 11 is 0. The van der Waals surface area contributed by atoms with Crippen LogP contribution in [0.25, 0.3) is 0 Å². The maximum Gasteiger partial charge on any atom is 0.231 e. The number of rotatable bonds is 2. The lowest BCUT2D eigenvalue weighted by atomic mass is 10.0. The van der Waals surface area contributed by atoms with Gasteiger partial charge >= 0.3 is 0 Å². The molecule has 16 heavy (non-hydrogen) atoms. The van der Waals surface area contributed by atoms with Gasteiger partial charge in [0.2, 0.25) is 6.79 Å². The van der Waals surface area contributed by atoms with Crippen molar-refractivity contribution in [2.75, 3.05) is 13.4 Å². The summed E-state index contributed by atoms with van der Waals surface area (Å²) in [6.07, 6.45) is 1.28. The molecule has 3 rings (SSSR count). The van der Waals surface area contributed by atoms with Gasteiger partial charge in [-0.1, -0.05) is 6.07 Å². The quantitative estimate of drug-likeness (QED) is 0.826. The molecule has 86 valence electrons. The first-order valence-electron chi connectivity index (χ1n) is 5.54. The first-order valence-corrected chi connectivity index (χ1v) is 5.54. The van der Waals surface area contributed by atoms with Gasteiger partial charge in [0.25, 0.3) is 0 Å². The topological polar surface area (TPSA) is 47.9 Å². The molecule has 0 spiro atoms. The van der Waals surface area contributed by atoms with Crippen molar-refractivity contribution in [3.8, 4) is 11.5 Å². The van der Waals surface area contributed by atoms with E-state index in [2.05, 4.69) is 0 Å². The van der Waals surface area contributed by atoms with E-state index in [1.54, 1.807) is 0 Å². The largest absolute Gasteiger partial charge is 0.454 e. The molecule has 4 heteroatoms. The third-order valence-electron chi connectivity index (χ3n) is 3.06. The van der Waals surface area contributed by atoms with Crippen LogP contribution in [-0.2, 0) is 4.74 Å². The first-order chi connectivity index (χ1) is 7.84. The van der Waals surface area contributed by atoms with Gasteiger partial charge in [0.15, 0.2) is 11.5 Å². The lowest BCUT2D eigenvalue weighted by molar-refractivity contribution is -0.00265. The van der Waals surface area contributed by atoms with Crippen LogP contribution < -0.4 is 9.47 Å². The third kappa shape index (κ3) is 1.64. The van der Waals surface area contributed by atoms with E-state index >= 15 is 0 Å². The Labute approximate surface area is 93.7 Å². The average molecular weight is 222 g/mol. The minimum Gasteiger partial charge on any atom is -0.454 e. The van der Waals surface area contributed by atoms with E-state index in [0.717, 1.165) is 30.8 Å². The van der Waals surface area contributed by atoms with Crippen LogP contribution in [0.15, 0.2) is 18.2 Å². The minimum absolute atomic E-state index is 0.0830. The maximum atomic E-state index is 10.1. The number of fused-ring (bicyclic) bond motifs is 1. The summed E-state index contributed by atoms with van der Waals surface area (Å²) < 4.78 is 16.0. The Kier molecular flexibility index (Phi) is 2.46. The fourth-order valence-electron chi connectivity index (χ4n) is 2.16. The molecule has 2 aliphatic heterocycles. The summed E-state index contributed by atoms with van der Waals surface area (Å²) in [7, 11) is 0. The van der Waals surface area contributed by atoms with Crippen LogP contribution >= 0.6 is 0 Å². The summed E-state index contributed by atoms with van der Waals surface area (Å²) in [4.78, 5) is 0. The predicted molar refractivity (Wildman–Crippen MR) is 56.5 cm³/mol. The molecule has 2 atom stereocenters. The fraction of sp³-hybridized carbons (Fsp3) is 0.500. The Balaban J connectivity index is 1.83. The molecule has 0 amide bonds. The van der Waals surface area contributed by atoms with Crippen LogP contribution in [0.2, 0.25) is 0 Å². The molecule has 2 aliphatic rings. The monoisotopic (exact) mass is 222 g/mol. The fourth-order valence-corrected chi connectivity index (χ4v) is 2.16. The van der Waals surface area contributed by atoms with Crippen molar-refractivity contribution in [3.63, 3.8) is 0 Å². The van der Waals surface area contributed by atoms with Gasteiger partial charge in [-0.3, -0.25) is 0 Å². The minimum atomic E-state index is -0.572. The second-order valence-electron chi connectivity index (χ2n) is 4.11. The molecular weight excluding hydrogens is 208 g/mol. The molecule has 1 fully saturated rings. The van der Waals surface area contributed by atoms with Gasteiger partial charge in [-0.2, -0.15) is 0 Å². The van der Waals surface area contributed by atoms with Crippen molar-refractivity contribution in [3.05, 3.63) is 23.8 Å². The highest BCUT2D eigenvalue weighted by Gasteiger charge is 2.26. The van der Waals surface area contributed by atoms with Crippen LogP contribution in [0.3, 0.4) is 0 Å². The van der Waals surface area contributed by atoms with Crippen molar-refractivity contribution in [2.24, 2.45) is 0 Å². The van der Waals surface area contributed by atoms with Crippen molar-refractivity contribution < 1.29 is 19.3 Å². The summed E-state index contributed by atoms with van der Waals surface area (Å²) in [5.74, 6) is 1.44. The van der Waals surface area contributed by atoms with Gasteiger partial charge in [-0.25, -0.2) is 0 Å². The Hall–Kier alpha value is -1.26. The van der Waals surface area contributed by atoms with Crippen LogP contribution in [0.4, 0.5) is 0 Å². The van der Waals surface area contributed by atoms with Gasteiger partial charge in [0, 0.05) is 6.61 Å². The van der Waals surface area contributed by atoms with Gasteiger partial charge in [-0.05, 0) is 30.5 Å². The third-order valence-corrected chi connectivity index (χ3v) is 3.06. The smallest absolute Gasteiger partial charge is 0.231 e. The van der Waals surface area contributed by atoms with E-state index in [0.29, 0.717) is 5.75 Å². The highest BCUT2D eigenvalue weighted by atomic mass is 16.7. The average Bonchev–Trinajstić information content (AvgIpc) is 2.98. The lowest BCUT2D eigenvalue weighted by Gasteiger charge is -2.17. The number of benzene rings is 1. The molecule has 0 saturated carbocycles. The molecular formula is C12H14O4. The van der Waals surface area contributed by atoms with Crippen molar-refractivity contribution in [1.82, 2.24) is 0 Å². The predicted octanol–water partition coefficient (Wildman–Crippen LogP) is 1.63. The molecule has 1 aromatic carbocycles. The summed E-state index contributed by atoms with van der Waals surface area (Å²) in [5.41, 5.74) is 0.830. The normalized spacial score (nSPS) is 24.7. The van der Waals surface area contributed by atoms with E-state index in [1.165, 1.54) is 0 Å². The Bertz CT molecular complexity index is 385. The molecule has 4 nitrogen and oxygen atoms in total. The molecule has 2 heterocycles. The standard InChI is InChI=1S/C12H14O4/c13-12(10-2-1-5-14-10)8-3-4-9-11(6-8)16-7-15-9/h3-4,6,10,12-13H,1-2,5,7H2/t10-,12+/m0/s1. The molecule has 0 radical (unpaired) electrons. The molecule has 1 saturated heterocycles. The van der Waals surface area contributed by atoms with E-state index in [1.807, 2.05) is 18.2 Å². The van der Waals surface area contributed by atoms with Crippen LogP contribution in [0.5, 0.6) is 11.5 Å². The zero-order valence-corrected chi connectivity index (χ0v) is 8.89. The molecule has 0 aliphatic carbocycles. The second-order valence-corrected chi connectivity index (χ2v) is 4.11. The number of aliphatic hydroxyl groups is 1. The molecule has 0 unspecified atom stereocenters. The number of hydrogen-bond acceptors (Lipinski definition) is 4. The molecule has 0 aromatic heterocycles. The molecule has 0 bridgehead atoms. The van der Waals surface area contributed by atoms with E-state index in [9.17, 15) is 5.11 Å². The van der Waals surface area contributed by atoms with Crippen molar-refractivity contribution in [1.29, 1.82) is 0 Å². The SMILES string of the molecule is O[C@H](c1ccc2c(c1)OCO2)[C@@H]1CCCO1. The van der Waals surface area contributed by atoms with Gasteiger partial charge in [0.05, 0.1) is 6.10 Å². The van der Waals surface area contributed by atoms with E-state index < -0.39 is 6.10 Å². The summed E-state index contributed by atoms with van der Waals surface area (Å²) in [6.45, 7) is 1.00. The maximum absolute atomic E-state index is 10.1. The second kappa shape index (κ2) is 3.96. The lowest BCUT2D eigenvalue weighted by Crippen LogP contribution is -2.16. The van der Waals surface area contributed by atoms with Crippen LogP contribution in [0.1, 0.15) is 24.5 Å². The van der Waals surface area contributed by atoms with Crippen molar-refractivity contribution >= 4 is 0 Å². The Morgan fingerprint density at radius 3 is 2.94 bits per heavy atom. The van der Waals surface area contributed by atoms with Gasteiger partial charge < -0.3 is 19.3 Å². The summed E-state index contributed by atoms with van der Waals surface area (Å²) in [5, 5.41) is 10.1. The Morgan fingerprint density at radius 1 is 1.25 bits per heavy atom. The zero-order valence-electron chi connectivity index (χ0n) is 8.89. The molecule has 1 aromatic rings. The molecule has 1 N–H and O–H groups in total. The van der Waals surface area contributed by atoms with Crippen LogP contribution in [0, 0.1) is 0 Å². The number of ether oxygens (including phenoxy) is 3. The van der Waals surface area contributed by atoms with E-state index in [4.69, 9.17) is 14.2 Å². The zero-order chi connectivity index (χ0) is 11.0. The number of aliphatic hydroxyl groups excluding tert-OH is 1. The van der Waals surface area contributed by atoms with E-state index in [-0.39, 0.29) is 12.9 Å². The van der Waals surface area contributed by atoms with Crippen molar-refractivity contribution in [2.45, 2.75) is 25.0 Å². The van der Waals surface area contributed by atoms with Gasteiger partial charge in [-0.15, -0.1) is 0 Å². The van der Waals surface area contributed by atoms with Crippen LogP contribution in [-0.4, -0.2) is 24.6 Å². The first kappa shape index (κ1) is 9.93. The highest BCUT2D eigenvalue weighted by Crippen LogP contribution is 2.36. The Morgan fingerprint density at radius 2 is 2.12 bits per heavy atom. The van der Waals surface area contributed by atoms with Gasteiger partial charge in [0.1, 0.15) is 6.10 Å². The number of hydrogen-bond donors (Lipinski definition) is 1. The highest BCUT2D eigenvalue weighted by molar-refractivity contribution is 5.45.